The maximum absolute atomic E-state index is 12.5. The Labute approximate surface area is 129 Å². The number of likely N-dealkylation sites (tertiary alicyclic amines) is 1. The van der Waals surface area contributed by atoms with Crippen molar-refractivity contribution < 1.29 is 19.5 Å². The highest BCUT2D eigenvalue weighted by molar-refractivity contribution is 5.99. The first-order valence-corrected chi connectivity index (χ1v) is 7.24. The summed E-state index contributed by atoms with van der Waals surface area (Å²) in [5.74, 6) is -1.77. The Morgan fingerprint density at radius 1 is 1.23 bits per heavy atom. The van der Waals surface area contributed by atoms with Gasteiger partial charge in [0, 0.05) is 38.3 Å². The van der Waals surface area contributed by atoms with E-state index in [0.29, 0.717) is 30.5 Å². The van der Waals surface area contributed by atoms with E-state index in [-0.39, 0.29) is 18.4 Å². The molecule has 6 heteroatoms. The summed E-state index contributed by atoms with van der Waals surface area (Å²) in [7, 11) is 3.30. The lowest BCUT2D eigenvalue weighted by molar-refractivity contribution is -0.143. The molecule has 1 aromatic carbocycles. The Balaban J connectivity index is 2.17. The number of piperidine rings is 1. The first-order chi connectivity index (χ1) is 10.4. The van der Waals surface area contributed by atoms with Gasteiger partial charge in [0.05, 0.1) is 5.92 Å². The van der Waals surface area contributed by atoms with Crippen LogP contribution >= 0.6 is 0 Å². The number of rotatable bonds is 3. The van der Waals surface area contributed by atoms with Gasteiger partial charge in [0.15, 0.2) is 0 Å². The number of benzene rings is 1. The molecule has 1 unspecified atom stereocenters. The van der Waals surface area contributed by atoms with Crippen LogP contribution in [-0.2, 0) is 4.79 Å². The lowest BCUT2D eigenvalue weighted by Crippen LogP contribution is -2.42. The van der Waals surface area contributed by atoms with Gasteiger partial charge in [-0.1, -0.05) is 6.07 Å². The summed E-state index contributed by atoms with van der Waals surface area (Å²) in [5.41, 5.74) is 0.862. The molecule has 118 valence electrons. The van der Waals surface area contributed by atoms with Crippen LogP contribution in [-0.4, -0.2) is 59.9 Å². The second kappa shape index (κ2) is 6.60. The molecule has 0 aromatic heterocycles. The molecule has 2 rings (SSSR count). The van der Waals surface area contributed by atoms with E-state index in [0.717, 1.165) is 0 Å². The minimum absolute atomic E-state index is 0.170. The molecule has 0 saturated carbocycles. The van der Waals surface area contributed by atoms with Gasteiger partial charge in [-0.15, -0.1) is 0 Å². The van der Waals surface area contributed by atoms with E-state index in [1.807, 2.05) is 0 Å². The molecule has 0 spiro atoms. The predicted octanol–water partition coefficient (Wildman–Crippen LogP) is 1.33. The molecular formula is C16H20N2O4. The van der Waals surface area contributed by atoms with Crippen molar-refractivity contribution in [2.75, 3.05) is 27.2 Å². The maximum atomic E-state index is 12.5. The fraction of sp³-hybridized carbons (Fsp3) is 0.438. The van der Waals surface area contributed by atoms with E-state index in [4.69, 9.17) is 5.11 Å². The Morgan fingerprint density at radius 3 is 2.55 bits per heavy atom. The minimum Gasteiger partial charge on any atom is -0.481 e. The number of carbonyl (C=O) groups is 3. The van der Waals surface area contributed by atoms with E-state index < -0.39 is 11.9 Å². The number of carbonyl (C=O) groups excluding carboxylic acids is 2. The van der Waals surface area contributed by atoms with Crippen LogP contribution in [0.15, 0.2) is 24.3 Å². The van der Waals surface area contributed by atoms with Gasteiger partial charge in [-0.25, -0.2) is 0 Å². The van der Waals surface area contributed by atoms with Gasteiger partial charge in [-0.05, 0) is 31.0 Å². The molecule has 1 fully saturated rings. The van der Waals surface area contributed by atoms with Crippen molar-refractivity contribution in [3.8, 4) is 0 Å². The third-order valence-electron chi connectivity index (χ3n) is 3.82. The molecule has 1 N–H and O–H groups in total. The lowest BCUT2D eigenvalue weighted by atomic mass is 9.97. The molecule has 1 heterocycles. The van der Waals surface area contributed by atoms with Gasteiger partial charge in [-0.3, -0.25) is 14.4 Å². The monoisotopic (exact) mass is 304 g/mol. The van der Waals surface area contributed by atoms with Crippen molar-refractivity contribution in [3.63, 3.8) is 0 Å². The lowest BCUT2D eigenvalue weighted by Gasteiger charge is -2.30. The second-order valence-corrected chi connectivity index (χ2v) is 5.71. The first kappa shape index (κ1) is 16.0. The number of hydrogen-bond acceptors (Lipinski definition) is 3. The molecule has 1 atom stereocenters. The highest BCUT2D eigenvalue weighted by Gasteiger charge is 2.28. The summed E-state index contributed by atoms with van der Waals surface area (Å²) in [6, 6.07) is 6.55. The highest BCUT2D eigenvalue weighted by atomic mass is 16.4. The van der Waals surface area contributed by atoms with Crippen molar-refractivity contribution >= 4 is 17.8 Å². The Bertz CT molecular complexity index is 598. The molecule has 0 bridgehead atoms. The standard InChI is InChI=1S/C16H20N2O4/c1-17(2)14(19)11-5-3-6-12(9-11)15(20)18-8-4-7-13(10-18)16(21)22/h3,5-6,9,13H,4,7-8,10H2,1-2H3,(H,21,22). The topological polar surface area (TPSA) is 77.9 Å². The van der Waals surface area contributed by atoms with Crippen LogP contribution in [0, 0.1) is 5.92 Å². The number of nitrogens with zero attached hydrogens (tertiary/aromatic N) is 2. The Morgan fingerprint density at radius 2 is 1.91 bits per heavy atom. The van der Waals surface area contributed by atoms with Crippen molar-refractivity contribution in [1.29, 1.82) is 0 Å². The van der Waals surface area contributed by atoms with Crippen LogP contribution in [0.25, 0.3) is 0 Å². The van der Waals surface area contributed by atoms with Crippen LogP contribution < -0.4 is 0 Å². The number of carboxylic acids is 1. The number of aliphatic carboxylic acids is 1. The van der Waals surface area contributed by atoms with Gasteiger partial charge in [0.25, 0.3) is 11.8 Å². The zero-order chi connectivity index (χ0) is 16.3. The first-order valence-electron chi connectivity index (χ1n) is 7.24. The predicted molar refractivity (Wildman–Crippen MR) is 80.7 cm³/mol. The normalized spacial score (nSPS) is 17.9. The van der Waals surface area contributed by atoms with Crippen molar-refractivity contribution in [1.82, 2.24) is 9.80 Å². The van der Waals surface area contributed by atoms with E-state index in [1.54, 1.807) is 43.3 Å². The second-order valence-electron chi connectivity index (χ2n) is 5.71. The van der Waals surface area contributed by atoms with E-state index in [9.17, 15) is 14.4 Å². The summed E-state index contributed by atoms with van der Waals surface area (Å²) < 4.78 is 0. The molecule has 2 amide bonds. The summed E-state index contributed by atoms with van der Waals surface area (Å²) in [5, 5.41) is 9.10. The molecule has 0 radical (unpaired) electrons. The van der Waals surface area contributed by atoms with Gasteiger partial charge in [-0.2, -0.15) is 0 Å². The Hall–Kier alpha value is -2.37. The molecule has 1 aliphatic rings. The summed E-state index contributed by atoms with van der Waals surface area (Å²) in [4.78, 5) is 38.6. The molecular weight excluding hydrogens is 284 g/mol. The molecule has 0 aliphatic carbocycles. The smallest absolute Gasteiger partial charge is 0.308 e. The number of carboxylic acid groups (broad SMARTS) is 1. The SMILES string of the molecule is CN(C)C(=O)c1cccc(C(=O)N2CCCC(C(=O)O)C2)c1. The van der Waals surface area contributed by atoms with Crippen LogP contribution in [0.1, 0.15) is 33.6 Å². The largest absolute Gasteiger partial charge is 0.481 e. The van der Waals surface area contributed by atoms with Crippen LogP contribution in [0.5, 0.6) is 0 Å². The number of hydrogen-bond donors (Lipinski definition) is 1. The van der Waals surface area contributed by atoms with E-state index in [2.05, 4.69) is 0 Å². The zero-order valence-electron chi connectivity index (χ0n) is 12.8. The van der Waals surface area contributed by atoms with Gasteiger partial charge in [0.2, 0.25) is 0 Å². The van der Waals surface area contributed by atoms with Crippen molar-refractivity contribution in [2.45, 2.75) is 12.8 Å². The van der Waals surface area contributed by atoms with Crippen LogP contribution in [0.2, 0.25) is 0 Å². The molecule has 1 saturated heterocycles. The van der Waals surface area contributed by atoms with Crippen molar-refractivity contribution in [3.05, 3.63) is 35.4 Å². The van der Waals surface area contributed by atoms with E-state index in [1.165, 1.54) is 4.90 Å². The fourth-order valence-electron chi connectivity index (χ4n) is 2.59. The zero-order valence-corrected chi connectivity index (χ0v) is 12.8. The minimum atomic E-state index is -0.867. The number of amides is 2. The van der Waals surface area contributed by atoms with Crippen LogP contribution in [0.3, 0.4) is 0 Å². The van der Waals surface area contributed by atoms with Gasteiger partial charge >= 0.3 is 5.97 Å². The van der Waals surface area contributed by atoms with Gasteiger partial charge < -0.3 is 14.9 Å². The average Bonchev–Trinajstić information content (AvgIpc) is 2.53. The molecule has 22 heavy (non-hydrogen) atoms. The molecule has 6 nitrogen and oxygen atoms in total. The van der Waals surface area contributed by atoms with E-state index >= 15 is 0 Å². The average molecular weight is 304 g/mol. The van der Waals surface area contributed by atoms with Crippen LogP contribution in [0.4, 0.5) is 0 Å². The van der Waals surface area contributed by atoms with Crippen molar-refractivity contribution in [2.24, 2.45) is 5.92 Å². The molecule has 1 aromatic rings. The summed E-state index contributed by atoms with van der Waals surface area (Å²) >= 11 is 0. The van der Waals surface area contributed by atoms with Gasteiger partial charge in [0.1, 0.15) is 0 Å². The Kier molecular flexibility index (Phi) is 4.80. The third kappa shape index (κ3) is 3.44. The summed E-state index contributed by atoms with van der Waals surface area (Å²) in [6.07, 6.45) is 1.28. The maximum Gasteiger partial charge on any atom is 0.308 e. The fourth-order valence-corrected chi connectivity index (χ4v) is 2.59. The summed E-state index contributed by atoms with van der Waals surface area (Å²) in [6.45, 7) is 0.772. The molecule has 1 aliphatic heterocycles. The third-order valence-corrected chi connectivity index (χ3v) is 3.82. The quantitative estimate of drug-likeness (QED) is 0.913. The highest BCUT2D eigenvalue weighted by Crippen LogP contribution is 2.19.